The lowest BCUT2D eigenvalue weighted by Gasteiger charge is -2.21. The highest BCUT2D eigenvalue weighted by molar-refractivity contribution is 5.94. The zero-order chi connectivity index (χ0) is 13.6. The van der Waals surface area contributed by atoms with Gasteiger partial charge in [-0.15, -0.1) is 0 Å². The fraction of sp³-hybridized carbons (Fsp3) is 0.308. The van der Waals surface area contributed by atoms with Crippen LogP contribution in [0.15, 0.2) is 6.07 Å². The van der Waals surface area contributed by atoms with Crippen molar-refractivity contribution < 1.29 is 13.5 Å². The first-order valence-electron chi connectivity index (χ1n) is 5.98. The maximum Gasteiger partial charge on any atom is 0.149 e. The van der Waals surface area contributed by atoms with Crippen molar-refractivity contribution in [2.24, 2.45) is 5.84 Å². The van der Waals surface area contributed by atoms with E-state index < -0.39 is 11.6 Å². The summed E-state index contributed by atoms with van der Waals surface area (Å²) >= 11 is 0. The number of ether oxygens (including phenoxy) is 1. The molecule has 1 aromatic heterocycles. The van der Waals surface area contributed by atoms with Crippen LogP contribution in [-0.2, 0) is 17.8 Å². The molecule has 3 rings (SSSR count). The van der Waals surface area contributed by atoms with Gasteiger partial charge in [-0.3, -0.25) is 5.84 Å². The van der Waals surface area contributed by atoms with Gasteiger partial charge in [0.25, 0.3) is 0 Å². The third-order valence-electron chi connectivity index (χ3n) is 3.39. The highest BCUT2D eigenvalue weighted by atomic mass is 19.1. The Balaban J connectivity index is 2.47. The molecule has 3 N–H and O–H groups in total. The molecule has 0 saturated heterocycles. The summed E-state index contributed by atoms with van der Waals surface area (Å²) in [5, 5.41) is 0.0873. The lowest BCUT2D eigenvalue weighted by Crippen LogP contribution is -2.18. The van der Waals surface area contributed by atoms with Gasteiger partial charge in [0.05, 0.1) is 30.0 Å². The normalized spacial score (nSPS) is 14.5. The van der Waals surface area contributed by atoms with E-state index in [0.29, 0.717) is 36.6 Å². The van der Waals surface area contributed by atoms with Gasteiger partial charge in [-0.25, -0.2) is 13.8 Å². The first kappa shape index (κ1) is 12.3. The highest BCUT2D eigenvalue weighted by Gasteiger charge is 2.23. The number of anilines is 1. The molecule has 0 spiro atoms. The molecule has 0 unspecified atom stereocenters. The molecule has 4 nitrogen and oxygen atoms in total. The van der Waals surface area contributed by atoms with Crippen LogP contribution in [0.4, 0.5) is 14.5 Å². The molecule has 1 aromatic carbocycles. The van der Waals surface area contributed by atoms with Crippen molar-refractivity contribution in [3.63, 3.8) is 0 Å². The predicted molar refractivity (Wildman–Crippen MR) is 67.6 cm³/mol. The van der Waals surface area contributed by atoms with Crippen molar-refractivity contribution in [1.82, 2.24) is 4.98 Å². The second-order valence-electron chi connectivity index (χ2n) is 4.57. The summed E-state index contributed by atoms with van der Waals surface area (Å²) in [6.45, 7) is 2.33. The van der Waals surface area contributed by atoms with Crippen LogP contribution in [0.1, 0.15) is 16.8 Å². The molecule has 0 radical (unpaired) electrons. The molecule has 0 fully saturated rings. The van der Waals surface area contributed by atoms with Crippen LogP contribution in [0.3, 0.4) is 0 Å². The second-order valence-corrected chi connectivity index (χ2v) is 4.57. The molecule has 100 valence electrons. The van der Waals surface area contributed by atoms with E-state index >= 15 is 0 Å². The number of pyridine rings is 1. The van der Waals surface area contributed by atoms with Gasteiger partial charge in [-0.05, 0) is 18.6 Å². The van der Waals surface area contributed by atoms with Gasteiger partial charge in [0, 0.05) is 12.0 Å². The molecule has 1 aliphatic rings. The minimum Gasteiger partial charge on any atom is -0.376 e. The van der Waals surface area contributed by atoms with Crippen molar-refractivity contribution in [3.8, 4) is 0 Å². The van der Waals surface area contributed by atoms with E-state index in [4.69, 9.17) is 10.6 Å². The van der Waals surface area contributed by atoms with Gasteiger partial charge in [-0.2, -0.15) is 0 Å². The standard InChI is InChI=1S/C13H13F2N3O/c1-6-4-8(14)13-10(11(6)15)12(18-16)7-5-19-3-2-9(7)17-13/h4H,2-3,5,16H2,1H3,(H,17,18). The molecule has 0 aliphatic carbocycles. The lowest BCUT2D eigenvalue weighted by molar-refractivity contribution is 0.110. The molecule has 19 heavy (non-hydrogen) atoms. The molecule has 6 heteroatoms. The van der Waals surface area contributed by atoms with E-state index in [1.54, 1.807) is 0 Å². The van der Waals surface area contributed by atoms with Gasteiger partial charge in [-0.1, -0.05) is 0 Å². The zero-order valence-corrected chi connectivity index (χ0v) is 10.4. The van der Waals surface area contributed by atoms with E-state index in [0.717, 1.165) is 6.07 Å². The van der Waals surface area contributed by atoms with E-state index in [1.807, 2.05) is 0 Å². The van der Waals surface area contributed by atoms with Crippen molar-refractivity contribution >= 4 is 16.6 Å². The average Bonchev–Trinajstić information content (AvgIpc) is 2.42. The molecule has 2 aromatic rings. The van der Waals surface area contributed by atoms with Crippen molar-refractivity contribution in [2.45, 2.75) is 20.0 Å². The number of hydrogen-bond acceptors (Lipinski definition) is 4. The minimum atomic E-state index is -0.542. The quantitative estimate of drug-likeness (QED) is 0.613. The first-order chi connectivity index (χ1) is 9.13. The predicted octanol–water partition coefficient (Wildman–Crippen LogP) is 2.18. The van der Waals surface area contributed by atoms with Crippen LogP contribution in [-0.4, -0.2) is 11.6 Å². The number of aryl methyl sites for hydroxylation is 1. The summed E-state index contributed by atoms with van der Waals surface area (Å²) in [4.78, 5) is 4.24. The SMILES string of the molecule is Cc1cc(F)c2nc3c(c(NN)c2c1F)COCC3. The maximum atomic E-state index is 14.3. The minimum absolute atomic E-state index is 0.0108. The van der Waals surface area contributed by atoms with E-state index in [2.05, 4.69) is 10.4 Å². The first-order valence-corrected chi connectivity index (χ1v) is 5.98. The Bertz CT molecular complexity index is 673. The van der Waals surface area contributed by atoms with E-state index in [9.17, 15) is 8.78 Å². The topological polar surface area (TPSA) is 60.2 Å². The molecule has 0 amide bonds. The second kappa shape index (κ2) is 4.40. The van der Waals surface area contributed by atoms with E-state index in [1.165, 1.54) is 6.92 Å². The summed E-state index contributed by atoms with van der Waals surface area (Å²) in [5.74, 6) is 4.44. The lowest BCUT2D eigenvalue weighted by atomic mass is 10.0. The van der Waals surface area contributed by atoms with Crippen LogP contribution in [0, 0.1) is 18.6 Å². The number of nitrogens with zero attached hydrogens (tertiary/aromatic N) is 1. The highest BCUT2D eigenvalue weighted by Crippen LogP contribution is 2.34. The number of hydrazine groups is 1. The van der Waals surface area contributed by atoms with Crippen LogP contribution in [0.5, 0.6) is 0 Å². The number of nitrogens with one attached hydrogen (secondary N) is 1. The van der Waals surface area contributed by atoms with Crippen LogP contribution < -0.4 is 11.3 Å². The number of nitrogens with two attached hydrogens (primary N) is 1. The summed E-state index contributed by atoms with van der Waals surface area (Å²) in [6, 6.07) is 1.15. The molecule has 0 atom stereocenters. The van der Waals surface area contributed by atoms with Crippen molar-refractivity contribution in [3.05, 3.63) is 34.5 Å². The van der Waals surface area contributed by atoms with Gasteiger partial charge in [0.1, 0.15) is 17.2 Å². The number of benzene rings is 1. The number of fused-ring (bicyclic) bond motifs is 2. The molecular weight excluding hydrogens is 252 g/mol. The number of nitrogen functional groups attached to an aromatic ring is 1. The Morgan fingerprint density at radius 2 is 2.21 bits per heavy atom. The third-order valence-corrected chi connectivity index (χ3v) is 3.39. The number of rotatable bonds is 1. The maximum absolute atomic E-state index is 14.3. The van der Waals surface area contributed by atoms with Crippen LogP contribution in [0.25, 0.3) is 10.9 Å². The number of halogens is 2. The Kier molecular flexibility index (Phi) is 2.83. The molecule has 0 saturated carbocycles. The van der Waals surface area contributed by atoms with Gasteiger partial charge in [0.15, 0.2) is 0 Å². The van der Waals surface area contributed by atoms with Crippen LogP contribution in [0.2, 0.25) is 0 Å². The monoisotopic (exact) mass is 265 g/mol. The average molecular weight is 265 g/mol. The molecule has 2 heterocycles. The van der Waals surface area contributed by atoms with Gasteiger partial charge < -0.3 is 10.2 Å². The van der Waals surface area contributed by atoms with E-state index in [-0.39, 0.29) is 16.5 Å². The Morgan fingerprint density at radius 1 is 1.42 bits per heavy atom. The fourth-order valence-corrected chi connectivity index (χ4v) is 2.44. The molecular formula is C13H13F2N3O. The largest absolute Gasteiger partial charge is 0.376 e. The Hall–Kier alpha value is -1.79. The zero-order valence-electron chi connectivity index (χ0n) is 10.4. The summed E-state index contributed by atoms with van der Waals surface area (Å²) in [6.07, 6.45) is 0.564. The molecule has 1 aliphatic heterocycles. The van der Waals surface area contributed by atoms with Crippen molar-refractivity contribution in [1.29, 1.82) is 0 Å². The van der Waals surface area contributed by atoms with Crippen molar-refractivity contribution in [2.75, 3.05) is 12.0 Å². The van der Waals surface area contributed by atoms with Gasteiger partial charge >= 0.3 is 0 Å². The summed E-state index contributed by atoms with van der Waals surface area (Å²) in [7, 11) is 0. The smallest absolute Gasteiger partial charge is 0.149 e. The molecule has 0 bridgehead atoms. The third kappa shape index (κ3) is 1.75. The summed E-state index contributed by atoms with van der Waals surface area (Å²) < 4.78 is 33.6. The Labute approximate surface area is 108 Å². The fourth-order valence-electron chi connectivity index (χ4n) is 2.44. The van der Waals surface area contributed by atoms with Gasteiger partial charge in [0.2, 0.25) is 0 Å². The van der Waals surface area contributed by atoms with Crippen LogP contribution >= 0.6 is 0 Å². The summed E-state index contributed by atoms with van der Waals surface area (Å²) in [5.41, 5.74) is 4.46. The number of hydrogen-bond donors (Lipinski definition) is 2. The Morgan fingerprint density at radius 3 is 2.95 bits per heavy atom. The number of aromatic nitrogens is 1.